The van der Waals surface area contributed by atoms with Crippen molar-refractivity contribution in [2.75, 3.05) is 7.11 Å². The largest absolute Gasteiger partial charge is 0.507 e. The summed E-state index contributed by atoms with van der Waals surface area (Å²) in [6.07, 6.45) is 0.607. The fraction of sp³-hybridized carbons (Fsp3) is 0.158. The molecule has 0 saturated carbocycles. The van der Waals surface area contributed by atoms with Crippen molar-refractivity contribution in [2.45, 2.75) is 13.0 Å². The minimum absolute atomic E-state index is 0.0284. The van der Waals surface area contributed by atoms with E-state index in [1.54, 1.807) is 6.20 Å². The van der Waals surface area contributed by atoms with E-state index in [2.05, 4.69) is 4.98 Å². The van der Waals surface area contributed by atoms with Gasteiger partial charge in [-0.2, -0.15) is 0 Å². The van der Waals surface area contributed by atoms with Crippen molar-refractivity contribution in [2.24, 2.45) is 0 Å². The van der Waals surface area contributed by atoms with E-state index in [1.807, 2.05) is 24.3 Å². The van der Waals surface area contributed by atoms with Crippen LogP contribution < -0.4 is 4.74 Å². The van der Waals surface area contributed by atoms with Crippen molar-refractivity contribution in [1.29, 1.82) is 0 Å². The molecule has 2 N–H and O–H groups in total. The predicted octanol–water partition coefficient (Wildman–Crippen LogP) is 3.31. The van der Waals surface area contributed by atoms with Crippen molar-refractivity contribution in [1.82, 2.24) is 4.98 Å². The molecule has 0 spiro atoms. The number of nitrogens with one attached hydrogen (secondary N) is 1. The monoisotopic (exact) mass is 339 g/mol. The van der Waals surface area contributed by atoms with Crippen molar-refractivity contribution < 1.29 is 24.2 Å². The van der Waals surface area contributed by atoms with Crippen LogP contribution in [0, 0.1) is 0 Å². The molecule has 1 heterocycles. The first-order valence-corrected chi connectivity index (χ1v) is 7.69. The minimum atomic E-state index is -0.992. The third-order valence-corrected chi connectivity index (χ3v) is 3.93. The Hall–Kier alpha value is -3.28. The smallest absolute Gasteiger partial charge is 0.342 e. The Labute approximate surface area is 144 Å². The molecule has 6 heteroatoms. The second kappa shape index (κ2) is 6.68. The first-order valence-electron chi connectivity index (χ1n) is 7.69. The fourth-order valence-corrected chi connectivity index (χ4v) is 2.58. The molecule has 0 aliphatic carbocycles. The Bertz CT molecular complexity index is 944. The number of carbonyl (C=O) groups excluding carboxylic acids is 2. The number of carbonyl (C=O) groups is 2. The van der Waals surface area contributed by atoms with Gasteiger partial charge in [-0.15, -0.1) is 0 Å². The zero-order valence-electron chi connectivity index (χ0n) is 13.8. The van der Waals surface area contributed by atoms with E-state index in [4.69, 9.17) is 9.47 Å². The topological polar surface area (TPSA) is 88.6 Å². The molecule has 6 nitrogen and oxygen atoms in total. The van der Waals surface area contributed by atoms with Crippen LogP contribution in [0.3, 0.4) is 0 Å². The zero-order valence-corrected chi connectivity index (χ0v) is 13.8. The van der Waals surface area contributed by atoms with Crippen molar-refractivity contribution in [3.05, 3.63) is 59.8 Å². The van der Waals surface area contributed by atoms with Crippen LogP contribution >= 0.6 is 0 Å². The average molecular weight is 339 g/mol. The Kier molecular flexibility index (Phi) is 4.43. The van der Waals surface area contributed by atoms with Gasteiger partial charge in [0.05, 0.1) is 7.11 Å². The highest BCUT2D eigenvalue weighted by molar-refractivity contribution is 6.10. The van der Waals surface area contributed by atoms with Crippen LogP contribution in [0.15, 0.2) is 48.7 Å². The molecule has 0 aliphatic heterocycles. The molecule has 1 aromatic heterocycles. The van der Waals surface area contributed by atoms with Gasteiger partial charge in [-0.3, -0.25) is 4.79 Å². The van der Waals surface area contributed by atoms with Gasteiger partial charge in [0, 0.05) is 28.7 Å². The summed E-state index contributed by atoms with van der Waals surface area (Å²) < 4.78 is 10.2. The molecule has 0 unspecified atom stereocenters. The van der Waals surface area contributed by atoms with Crippen LogP contribution in [0.5, 0.6) is 11.5 Å². The lowest BCUT2D eigenvalue weighted by Gasteiger charge is -2.13. The van der Waals surface area contributed by atoms with E-state index in [0.29, 0.717) is 11.3 Å². The molecular formula is C19H17NO5. The van der Waals surface area contributed by atoms with E-state index in [1.165, 1.54) is 32.2 Å². The number of phenols is 1. The lowest BCUT2D eigenvalue weighted by atomic mass is 10.1. The highest BCUT2D eigenvalue weighted by Gasteiger charge is 2.24. The van der Waals surface area contributed by atoms with Gasteiger partial charge in [-0.1, -0.05) is 18.2 Å². The second-order valence-electron chi connectivity index (χ2n) is 5.54. The van der Waals surface area contributed by atoms with Crippen LogP contribution in [-0.4, -0.2) is 35.1 Å². The summed E-state index contributed by atoms with van der Waals surface area (Å²) in [5, 5.41) is 10.7. The van der Waals surface area contributed by atoms with E-state index in [0.717, 1.165) is 10.9 Å². The van der Waals surface area contributed by atoms with Crippen molar-refractivity contribution in [3.8, 4) is 11.5 Å². The van der Waals surface area contributed by atoms with Crippen LogP contribution in [0.4, 0.5) is 0 Å². The lowest BCUT2D eigenvalue weighted by molar-refractivity contribution is 0.0316. The normalized spacial score (nSPS) is 11.9. The summed E-state index contributed by atoms with van der Waals surface area (Å²) in [7, 11) is 1.45. The fourth-order valence-electron chi connectivity index (χ4n) is 2.58. The average Bonchev–Trinajstić information content (AvgIpc) is 3.04. The lowest BCUT2D eigenvalue weighted by Crippen LogP contribution is -2.24. The van der Waals surface area contributed by atoms with Crippen LogP contribution in [0.1, 0.15) is 27.6 Å². The van der Waals surface area contributed by atoms with Gasteiger partial charge in [-0.25, -0.2) is 4.79 Å². The maximum Gasteiger partial charge on any atom is 0.342 e. The molecule has 3 aromatic rings. The molecule has 0 aliphatic rings. The Balaban J connectivity index is 1.78. The van der Waals surface area contributed by atoms with Gasteiger partial charge >= 0.3 is 5.97 Å². The number of esters is 1. The number of rotatable bonds is 5. The van der Waals surface area contributed by atoms with E-state index in [-0.39, 0.29) is 17.1 Å². The highest BCUT2D eigenvalue weighted by Crippen LogP contribution is 2.25. The Morgan fingerprint density at radius 3 is 2.60 bits per heavy atom. The van der Waals surface area contributed by atoms with Crippen LogP contribution in [0.25, 0.3) is 10.9 Å². The first kappa shape index (κ1) is 16.6. The number of fused-ring (bicyclic) bond motifs is 1. The number of Topliss-reactive ketones (excluding diaryl/α,β-unsaturated/α-hetero) is 1. The van der Waals surface area contributed by atoms with E-state index >= 15 is 0 Å². The van der Waals surface area contributed by atoms with E-state index in [9.17, 15) is 14.7 Å². The minimum Gasteiger partial charge on any atom is -0.507 e. The number of methoxy groups -OCH3 is 1. The number of aromatic hydroxyl groups is 1. The van der Waals surface area contributed by atoms with Gasteiger partial charge in [0.1, 0.15) is 17.1 Å². The van der Waals surface area contributed by atoms with E-state index < -0.39 is 12.1 Å². The maximum atomic E-state index is 12.6. The molecule has 3 rings (SSSR count). The summed E-state index contributed by atoms with van der Waals surface area (Å²) >= 11 is 0. The molecule has 0 bridgehead atoms. The maximum absolute atomic E-state index is 12.6. The third kappa shape index (κ3) is 3.19. The predicted molar refractivity (Wildman–Crippen MR) is 92.2 cm³/mol. The van der Waals surface area contributed by atoms with Gasteiger partial charge in [0.25, 0.3) is 0 Å². The second-order valence-corrected chi connectivity index (χ2v) is 5.54. The van der Waals surface area contributed by atoms with Crippen molar-refractivity contribution in [3.63, 3.8) is 0 Å². The molecule has 0 radical (unpaired) electrons. The summed E-state index contributed by atoms with van der Waals surface area (Å²) in [4.78, 5) is 27.8. The highest BCUT2D eigenvalue weighted by atomic mass is 16.5. The molecule has 128 valence electrons. The number of hydrogen-bond acceptors (Lipinski definition) is 5. The standard InChI is InChI=1S/C19H17NO5/c1-11(18(22)15-10-20-16-6-4-3-5-13(15)16)25-19(23)14-8-7-12(24-2)9-17(14)21/h3-11,20-21H,1-2H3/t11-/m0/s1. The Morgan fingerprint density at radius 2 is 1.88 bits per heavy atom. The van der Waals surface area contributed by atoms with Gasteiger partial charge in [0.15, 0.2) is 6.10 Å². The zero-order chi connectivity index (χ0) is 18.0. The number of phenolic OH excluding ortho intramolecular Hbond substituents is 1. The first-order chi connectivity index (χ1) is 12.0. The van der Waals surface area contributed by atoms with Crippen molar-refractivity contribution >= 4 is 22.7 Å². The molecule has 0 fully saturated rings. The SMILES string of the molecule is COc1ccc(C(=O)O[C@@H](C)C(=O)c2c[nH]c3ccccc23)c(O)c1. The van der Waals surface area contributed by atoms with Crippen LogP contribution in [0.2, 0.25) is 0 Å². The summed E-state index contributed by atoms with van der Waals surface area (Å²) in [5.74, 6) is -0.951. The number of hydrogen-bond donors (Lipinski definition) is 2. The van der Waals surface area contributed by atoms with Gasteiger partial charge in [-0.05, 0) is 25.1 Å². The van der Waals surface area contributed by atoms with Gasteiger partial charge < -0.3 is 19.6 Å². The third-order valence-electron chi connectivity index (χ3n) is 3.93. The molecule has 0 amide bonds. The summed E-state index contributed by atoms with van der Waals surface area (Å²) in [6, 6.07) is 11.6. The Morgan fingerprint density at radius 1 is 1.12 bits per heavy atom. The molecule has 1 atom stereocenters. The molecular weight excluding hydrogens is 322 g/mol. The number of ether oxygens (including phenoxy) is 2. The molecule has 2 aromatic carbocycles. The molecule has 25 heavy (non-hydrogen) atoms. The summed E-state index contributed by atoms with van der Waals surface area (Å²) in [6.45, 7) is 1.50. The van der Waals surface area contributed by atoms with Crippen LogP contribution in [-0.2, 0) is 4.74 Å². The number of aromatic amines is 1. The number of benzene rings is 2. The summed E-state index contributed by atoms with van der Waals surface area (Å²) in [5.41, 5.74) is 1.26. The number of para-hydroxylation sites is 1. The molecule has 0 saturated heterocycles. The van der Waals surface area contributed by atoms with Gasteiger partial charge in [0.2, 0.25) is 5.78 Å². The number of aromatic nitrogens is 1. The quantitative estimate of drug-likeness (QED) is 0.550. The number of ketones is 1. The number of H-pyrrole nitrogens is 1.